The predicted octanol–water partition coefficient (Wildman–Crippen LogP) is 1.04. The Morgan fingerprint density at radius 2 is 2.11 bits per heavy atom. The van der Waals surface area contributed by atoms with Crippen molar-refractivity contribution in [3.8, 4) is 5.75 Å². The van der Waals surface area contributed by atoms with Crippen LogP contribution >= 0.6 is 0 Å². The Bertz CT molecular complexity index is 953. The molecule has 1 aromatic carbocycles. The van der Waals surface area contributed by atoms with Gasteiger partial charge in [0.15, 0.2) is 0 Å². The van der Waals surface area contributed by atoms with Gasteiger partial charge in [-0.05, 0) is 26.0 Å². The largest absolute Gasteiger partial charge is 0.497 e. The Morgan fingerprint density at radius 1 is 1.32 bits per heavy atom. The number of hydrogen-bond donors (Lipinski definition) is 1. The van der Waals surface area contributed by atoms with Crippen LogP contribution in [0.5, 0.6) is 5.75 Å². The van der Waals surface area contributed by atoms with Gasteiger partial charge in [0, 0.05) is 49.1 Å². The summed E-state index contributed by atoms with van der Waals surface area (Å²) in [7, 11) is 1.57. The van der Waals surface area contributed by atoms with Gasteiger partial charge in [0.25, 0.3) is 5.56 Å². The SMILES string of the molecule is COc1cccc(N2CC(C(=O)NCCn3cnc(C)c(C)c3=O)CC2=O)c1. The average Bonchev–Trinajstić information content (AvgIpc) is 3.09. The van der Waals surface area contributed by atoms with E-state index in [1.807, 2.05) is 12.1 Å². The number of rotatable bonds is 6. The molecule has 2 amide bonds. The number of nitrogens with one attached hydrogen (secondary N) is 1. The van der Waals surface area contributed by atoms with E-state index in [1.54, 1.807) is 38.0 Å². The summed E-state index contributed by atoms with van der Waals surface area (Å²) in [4.78, 5) is 42.8. The number of ether oxygens (including phenoxy) is 1. The van der Waals surface area contributed by atoms with Gasteiger partial charge in [-0.25, -0.2) is 4.98 Å². The van der Waals surface area contributed by atoms with E-state index in [9.17, 15) is 14.4 Å². The normalized spacial score (nSPS) is 16.3. The summed E-state index contributed by atoms with van der Waals surface area (Å²) >= 11 is 0. The lowest BCUT2D eigenvalue weighted by Crippen LogP contribution is -2.36. The topological polar surface area (TPSA) is 93.5 Å². The molecular weight excluding hydrogens is 360 g/mol. The third kappa shape index (κ3) is 4.05. The number of amides is 2. The molecule has 0 saturated carbocycles. The molecule has 2 heterocycles. The van der Waals surface area contributed by atoms with Gasteiger partial charge in [-0.2, -0.15) is 0 Å². The number of aromatic nitrogens is 2. The molecule has 1 atom stereocenters. The summed E-state index contributed by atoms with van der Waals surface area (Å²) < 4.78 is 6.67. The molecule has 0 bridgehead atoms. The van der Waals surface area contributed by atoms with Crippen molar-refractivity contribution in [2.45, 2.75) is 26.8 Å². The van der Waals surface area contributed by atoms with Crippen LogP contribution in [0.4, 0.5) is 5.69 Å². The van der Waals surface area contributed by atoms with Gasteiger partial charge in [0.2, 0.25) is 11.8 Å². The van der Waals surface area contributed by atoms with E-state index in [-0.39, 0.29) is 23.8 Å². The molecule has 2 aromatic rings. The zero-order valence-corrected chi connectivity index (χ0v) is 16.3. The fourth-order valence-electron chi connectivity index (χ4n) is 3.19. The van der Waals surface area contributed by atoms with Crippen LogP contribution in [0.25, 0.3) is 0 Å². The number of carbonyl (C=O) groups excluding carboxylic acids is 2. The molecular formula is C20H24N4O4. The monoisotopic (exact) mass is 384 g/mol. The number of benzene rings is 1. The lowest BCUT2D eigenvalue weighted by Gasteiger charge is -2.17. The van der Waals surface area contributed by atoms with Crippen LogP contribution in [-0.4, -0.2) is 41.6 Å². The zero-order chi connectivity index (χ0) is 20.3. The zero-order valence-electron chi connectivity index (χ0n) is 16.3. The molecule has 28 heavy (non-hydrogen) atoms. The molecule has 3 rings (SSSR count). The Hall–Kier alpha value is -3.16. The minimum absolute atomic E-state index is 0.0945. The minimum atomic E-state index is -0.423. The first-order chi connectivity index (χ1) is 13.4. The highest BCUT2D eigenvalue weighted by Crippen LogP contribution is 2.27. The van der Waals surface area contributed by atoms with E-state index in [0.29, 0.717) is 42.3 Å². The first-order valence-electron chi connectivity index (χ1n) is 9.15. The van der Waals surface area contributed by atoms with Crippen LogP contribution in [0.3, 0.4) is 0 Å². The van der Waals surface area contributed by atoms with Crippen LogP contribution in [-0.2, 0) is 16.1 Å². The van der Waals surface area contributed by atoms with Crippen molar-refractivity contribution in [2.24, 2.45) is 5.92 Å². The lowest BCUT2D eigenvalue weighted by molar-refractivity contribution is -0.126. The van der Waals surface area contributed by atoms with E-state index < -0.39 is 5.92 Å². The van der Waals surface area contributed by atoms with E-state index in [4.69, 9.17) is 4.74 Å². The molecule has 8 nitrogen and oxygen atoms in total. The van der Waals surface area contributed by atoms with Crippen molar-refractivity contribution >= 4 is 17.5 Å². The standard InChI is InChI=1S/C20H24N4O4/c1-13-14(2)22-12-23(20(13)27)8-7-21-19(26)15-9-18(25)24(11-15)16-5-4-6-17(10-16)28-3/h4-6,10,12,15H,7-9,11H2,1-3H3,(H,21,26). The third-order valence-corrected chi connectivity index (χ3v) is 5.03. The van der Waals surface area contributed by atoms with Gasteiger partial charge in [-0.1, -0.05) is 6.07 Å². The molecule has 1 aliphatic rings. The fourth-order valence-corrected chi connectivity index (χ4v) is 3.19. The van der Waals surface area contributed by atoms with Crippen molar-refractivity contribution in [1.29, 1.82) is 0 Å². The summed E-state index contributed by atoms with van der Waals surface area (Å²) in [6.45, 7) is 4.47. The van der Waals surface area contributed by atoms with Crippen molar-refractivity contribution in [3.05, 3.63) is 52.2 Å². The van der Waals surface area contributed by atoms with Crippen LogP contribution in [0.2, 0.25) is 0 Å². The highest BCUT2D eigenvalue weighted by atomic mass is 16.5. The van der Waals surface area contributed by atoms with Gasteiger partial charge in [0.1, 0.15) is 5.75 Å². The molecule has 148 valence electrons. The summed E-state index contributed by atoms with van der Waals surface area (Å²) in [6.07, 6.45) is 1.65. The lowest BCUT2D eigenvalue weighted by atomic mass is 10.1. The molecule has 0 spiro atoms. The molecule has 1 saturated heterocycles. The Balaban J connectivity index is 1.58. The fraction of sp³-hybridized carbons (Fsp3) is 0.400. The Kier molecular flexibility index (Phi) is 5.77. The van der Waals surface area contributed by atoms with E-state index in [2.05, 4.69) is 10.3 Å². The summed E-state index contributed by atoms with van der Waals surface area (Å²) in [5.41, 5.74) is 1.91. The van der Waals surface area contributed by atoms with Crippen LogP contribution in [0, 0.1) is 19.8 Å². The van der Waals surface area contributed by atoms with Gasteiger partial charge >= 0.3 is 0 Å². The number of nitrogens with zero attached hydrogens (tertiary/aromatic N) is 3. The second kappa shape index (κ2) is 8.24. The maximum atomic E-state index is 12.5. The number of anilines is 1. The maximum Gasteiger partial charge on any atom is 0.256 e. The molecule has 1 aliphatic heterocycles. The van der Waals surface area contributed by atoms with Gasteiger partial charge in [-0.15, -0.1) is 0 Å². The van der Waals surface area contributed by atoms with E-state index >= 15 is 0 Å². The van der Waals surface area contributed by atoms with Crippen LogP contribution < -0.4 is 20.5 Å². The number of aryl methyl sites for hydroxylation is 1. The maximum absolute atomic E-state index is 12.5. The quantitative estimate of drug-likeness (QED) is 0.803. The van der Waals surface area contributed by atoms with Crippen molar-refractivity contribution in [2.75, 3.05) is 25.1 Å². The highest BCUT2D eigenvalue weighted by molar-refractivity contribution is 6.00. The van der Waals surface area contributed by atoms with Gasteiger partial charge in [-0.3, -0.25) is 19.0 Å². The van der Waals surface area contributed by atoms with Crippen LogP contribution in [0.1, 0.15) is 17.7 Å². The smallest absolute Gasteiger partial charge is 0.256 e. The highest BCUT2D eigenvalue weighted by Gasteiger charge is 2.35. The van der Waals surface area contributed by atoms with Crippen molar-refractivity contribution in [3.63, 3.8) is 0 Å². The molecule has 8 heteroatoms. The second-order valence-corrected chi connectivity index (χ2v) is 6.85. The molecule has 1 fully saturated rings. The molecule has 1 N–H and O–H groups in total. The minimum Gasteiger partial charge on any atom is -0.497 e. The first kappa shape index (κ1) is 19.6. The van der Waals surface area contributed by atoms with Crippen molar-refractivity contribution < 1.29 is 14.3 Å². The Labute approximate surface area is 163 Å². The third-order valence-electron chi connectivity index (χ3n) is 5.03. The van der Waals surface area contributed by atoms with Gasteiger partial charge < -0.3 is 15.0 Å². The van der Waals surface area contributed by atoms with E-state index in [0.717, 1.165) is 0 Å². The molecule has 0 aliphatic carbocycles. The molecule has 1 aromatic heterocycles. The first-order valence-corrected chi connectivity index (χ1v) is 9.15. The predicted molar refractivity (Wildman–Crippen MR) is 104 cm³/mol. The van der Waals surface area contributed by atoms with Gasteiger partial charge in [0.05, 0.1) is 19.4 Å². The number of carbonyl (C=O) groups is 2. The number of methoxy groups -OCH3 is 1. The Morgan fingerprint density at radius 3 is 2.86 bits per heavy atom. The summed E-state index contributed by atoms with van der Waals surface area (Å²) in [6, 6.07) is 7.21. The molecule has 0 radical (unpaired) electrons. The summed E-state index contributed by atoms with van der Waals surface area (Å²) in [5.74, 6) is -0.0504. The number of hydrogen-bond acceptors (Lipinski definition) is 5. The van der Waals surface area contributed by atoms with E-state index in [1.165, 1.54) is 10.9 Å². The van der Waals surface area contributed by atoms with Crippen LogP contribution in [0.15, 0.2) is 35.4 Å². The van der Waals surface area contributed by atoms with Crippen molar-refractivity contribution in [1.82, 2.24) is 14.9 Å². The molecule has 1 unspecified atom stereocenters. The second-order valence-electron chi connectivity index (χ2n) is 6.85. The average molecular weight is 384 g/mol. The summed E-state index contributed by atoms with van der Waals surface area (Å²) in [5, 5.41) is 2.82.